The van der Waals surface area contributed by atoms with Crippen LogP contribution in [-0.2, 0) is 24.4 Å². The summed E-state index contributed by atoms with van der Waals surface area (Å²) < 4.78 is 62.3. The first-order valence-corrected chi connectivity index (χ1v) is 14.2. The molecule has 180 valence electrons. The average molecular weight is 496 g/mol. The first-order chi connectivity index (χ1) is 15.8. The fourth-order valence-electron chi connectivity index (χ4n) is 4.43. The van der Waals surface area contributed by atoms with Crippen LogP contribution in [0.3, 0.4) is 0 Å². The number of ether oxygens (including phenoxy) is 2. The van der Waals surface area contributed by atoms with Gasteiger partial charge in [-0.3, -0.25) is 9.88 Å². The minimum Gasteiger partial charge on any atom is -0.497 e. The molecule has 0 spiro atoms. The Morgan fingerprint density at radius 3 is 2.55 bits per heavy atom. The van der Waals surface area contributed by atoms with Gasteiger partial charge in [0.1, 0.15) is 5.75 Å². The first-order valence-electron chi connectivity index (χ1n) is 10.8. The van der Waals surface area contributed by atoms with E-state index in [0.29, 0.717) is 25.5 Å². The number of nitrogens with zero attached hydrogens (tertiary/aromatic N) is 2. The molecule has 33 heavy (non-hydrogen) atoms. The lowest BCUT2D eigenvalue weighted by Gasteiger charge is -2.35. The molecule has 2 aliphatic rings. The smallest absolute Gasteiger partial charge is 0.183 e. The number of hydrogen-bond donors (Lipinski definition) is 1. The molecule has 1 aromatic carbocycles. The molecule has 0 aliphatic carbocycles. The third-order valence-electron chi connectivity index (χ3n) is 6.22. The molecule has 0 bridgehead atoms. The Labute approximate surface area is 194 Å². The zero-order valence-electron chi connectivity index (χ0n) is 18.5. The SMILES string of the molecule is COc1ccc(S(=O)(=O)[C@H]2CS(=O)(=O)C[C@@H]2NCC(c2cccnc2)N2CCOCC2)cc1. The summed E-state index contributed by atoms with van der Waals surface area (Å²) in [5.41, 5.74) is 0.988. The van der Waals surface area contributed by atoms with Gasteiger partial charge >= 0.3 is 0 Å². The summed E-state index contributed by atoms with van der Waals surface area (Å²) in [4.78, 5) is 6.57. The molecule has 1 aromatic heterocycles. The summed E-state index contributed by atoms with van der Waals surface area (Å²) in [6.45, 7) is 3.10. The van der Waals surface area contributed by atoms with Crippen LogP contribution in [0.15, 0.2) is 53.7 Å². The number of sulfone groups is 2. The molecule has 0 amide bonds. The molecule has 2 saturated heterocycles. The maximum atomic E-state index is 13.4. The van der Waals surface area contributed by atoms with Gasteiger partial charge < -0.3 is 14.8 Å². The summed E-state index contributed by atoms with van der Waals surface area (Å²) in [6.07, 6.45) is 3.49. The molecule has 2 aliphatic heterocycles. The van der Waals surface area contributed by atoms with E-state index in [1.165, 1.54) is 19.2 Å². The van der Waals surface area contributed by atoms with E-state index in [2.05, 4.69) is 15.2 Å². The minimum absolute atomic E-state index is 0.0738. The molecule has 1 N–H and O–H groups in total. The van der Waals surface area contributed by atoms with Gasteiger partial charge in [-0.05, 0) is 35.9 Å². The Bertz CT molecular complexity index is 1130. The molecule has 2 fully saturated rings. The van der Waals surface area contributed by atoms with Gasteiger partial charge in [-0.2, -0.15) is 0 Å². The second kappa shape index (κ2) is 10.1. The van der Waals surface area contributed by atoms with E-state index in [4.69, 9.17) is 9.47 Å². The van der Waals surface area contributed by atoms with E-state index < -0.39 is 36.7 Å². The standard InChI is InChI=1S/C22H29N3O6S2/c1-30-18-4-6-19(7-5-18)33(28,29)22-16-32(26,27)15-20(22)24-14-21(17-3-2-8-23-13-17)25-9-11-31-12-10-25/h2-8,13,20-22,24H,9-12,14-16H2,1H3/t20-,21?,22-/m0/s1. The number of pyridine rings is 1. The van der Waals surface area contributed by atoms with Gasteiger partial charge in [0, 0.05) is 44.1 Å². The number of hydrogen-bond acceptors (Lipinski definition) is 9. The van der Waals surface area contributed by atoms with Gasteiger partial charge in [0.2, 0.25) is 0 Å². The Morgan fingerprint density at radius 2 is 1.91 bits per heavy atom. The molecule has 2 aromatic rings. The second-order valence-electron chi connectivity index (χ2n) is 8.30. The Balaban J connectivity index is 1.56. The van der Waals surface area contributed by atoms with Crippen LogP contribution >= 0.6 is 0 Å². The molecule has 3 heterocycles. The van der Waals surface area contributed by atoms with Gasteiger partial charge in [0.15, 0.2) is 19.7 Å². The molecule has 0 saturated carbocycles. The van der Waals surface area contributed by atoms with Crippen LogP contribution in [0, 0.1) is 0 Å². The van der Waals surface area contributed by atoms with Crippen LogP contribution < -0.4 is 10.1 Å². The van der Waals surface area contributed by atoms with Crippen LogP contribution in [-0.4, -0.2) is 89.5 Å². The lowest BCUT2D eigenvalue weighted by molar-refractivity contribution is 0.0157. The van der Waals surface area contributed by atoms with Gasteiger partial charge in [-0.15, -0.1) is 0 Å². The third kappa shape index (κ3) is 5.55. The molecule has 3 atom stereocenters. The summed E-state index contributed by atoms with van der Waals surface area (Å²) in [5, 5.41) is 2.23. The van der Waals surface area contributed by atoms with Gasteiger partial charge in [0.05, 0.1) is 42.0 Å². The zero-order chi connectivity index (χ0) is 23.5. The largest absolute Gasteiger partial charge is 0.497 e. The maximum Gasteiger partial charge on any atom is 0.183 e. The maximum absolute atomic E-state index is 13.4. The lowest BCUT2D eigenvalue weighted by atomic mass is 10.1. The topological polar surface area (TPSA) is 115 Å². The van der Waals surface area contributed by atoms with Gasteiger partial charge in [0.25, 0.3) is 0 Å². The fourth-order valence-corrected chi connectivity index (χ4v) is 9.15. The van der Waals surface area contributed by atoms with Crippen molar-refractivity contribution in [2.45, 2.75) is 22.2 Å². The Hall–Kier alpha value is -2.05. The third-order valence-corrected chi connectivity index (χ3v) is 10.4. The van der Waals surface area contributed by atoms with Crippen LogP contribution in [0.25, 0.3) is 0 Å². The monoisotopic (exact) mass is 495 g/mol. The molecule has 1 unspecified atom stereocenters. The van der Waals surface area contributed by atoms with E-state index in [9.17, 15) is 16.8 Å². The Morgan fingerprint density at radius 1 is 1.18 bits per heavy atom. The predicted octanol–water partition coefficient (Wildman–Crippen LogP) is 0.693. The van der Waals surface area contributed by atoms with Crippen molar-refractivity contribution < 1.29 is 26.3 Å². The van der Waals surface area contributed by atoms with Crippen molar-refractivity contribution in [3.63, 3.8) is 0 Å². The van der Waals surface area contributed by atoms with Gasteiger partial charge in [-0.1, -0.05) is 6.07 Å². The quantitative estimate of drug-likeness (QED) is 0.565. The fraction of sp³-hybridized carbons (Fsp3) is 0.500. The highest BCUT2D eigenvalue weighted by molar-refractivity contribution is 7.96. The highest BCUT2D eigenvalue weighted by Crippen LogP contribution is 2.28. The molecule has 9 nitrogen and oxygen atoms in total. The van der Waals surface area contributed by atoms with E-state index in [1.807, 2.05) is 12.1 Å². The van der Waals surface area contributed by atoms with Crippen molar-refractivity contribution in [3.8, 4) is 5.75 Å². The first kappa shape index (κ1) is 24.1. The average Bonchev–Trinajstić information content (AvgIpc) is 3.16. The molecule has 0 radical (unpaired) electrons. The number of aromatic nitrogens is 1. The number of nitrogens with one attached hydrogen (secondary N) is 1. The van der Waals surface area contributed by atoms with Crippen LogP contribution in [0.4, 0.5) is 0 Å². The predicted molar refractivity (Wildman–Crippen MR) is 124 cm³/mol. The van der Waals surface area contributed by atoms with Crippen molar-refractivity contribution in [3.05, 3.63) is 54.4 Å². The van der Waals surface area contributed by atoms with Gasteiger partial charge in [-0.25, -0.2) is 16.8 Å². The highest BCUT2D eigenvalue weighted by Gasteiger charge is 2.46. The van der Waals surface area contributed by atoms with Crippen molar-refractivity contribution in [1.29, 1.82) is 0 Å². The number of benzene rings is 1. The number of morpholine rings is 1. The van der Waals surface area contributed by atoms with E-state index >= 15 is 0 Å². The highest BCUT2D eigenvalue weighted by atomic mass is 32.2. The summed E-state index contributed by atoms with van der Waals surface area (Å²) in [6, 6.07) is 9.11. The summed E-state index contributed by atoms with van der Waals surface area (Å²) >= 11 is 0. The van der Waals surface area contributed by atoms with E-state index in [-0.39, 0.29) is 16.7 Å². The molecular formula is C22H29N3O6S2. The van der Waals surface area contributed by atoms with Crippen molar-refractivity contribution >= 4 is 19.7 Å². The van der Waals surface area contributed by atoms with Crippen LogP contribution in [0.2, 0.25) is 0 Å². The Kier molecular flexibility index (Phi) is 7.34. The van der Waals surface area contributed by atoms with E-state index in [0.717, 1.165) is 18.7 Å². The molecular weight excluding hydrogens is 466 g/mol. The summed E-state index contributed by atoms with van der Waals surface area (Å²) in [5.74, 6) is -0.0724. The van der Waals surface area contributed by atoms with Crippen molar-refractivity contribution in [1.82, 2.24) is 15.2 Å². The van der Waals surface area contributed by atoms with Crippen LogP contribution in [0.5, 0.6) is 5.75 Å². The second-order valence-corrected chi connectivity index (χ2v) is 12.6. The number of rotatable bonds is 8. The zero-order valence-corrected chi connectivity index (χ0v) is 20.1. The summed E-state index contributed by atoms with van der Waals surface area (Å²) in [7, 11) is -5.86. The minimum atomic E-state index is -3.86. The van der Waals surface area contributed by atoms with Crippen LogP contribution in [0.1, 0.15) is 11.6 Å². The molecule has 11 heteroatoms. The normalized spacial score (nSPS) is 24.4. The van der Waals surface area contributed by atoms with Crippen molar-refractivity contribution in [2.75, 3.05) is 51.5 Å². The van der Waals surface area contributed by atoms with Crippen molar-refractivity contribution in [2.24, 2.45) is 0 Å². The number of methoxy groups -OCH3 is 1. The molecule has 4 rings (SSSR count). The lowest BCUT2D eigenvalue weighted by Crippen LogP contribution is -2.48. The van der Waals surface area contributed by atoms with E-state index in [1.54, 1.807) is 24.5 Å².